The molecule has 0 saturated carbocycles. The minimum atomic E-state index is 0.467. The SMILES string of the molecule is CC.COc1cnc(Nc2nc(C)nc3ccccc23)nc1. The lowest BCUT2D eigenvalue weighted by Gasteiger charge is -2.08. The smallest absolute Gasteiger partial charge is 0.228 e. The number of benzene rings is 1. The van der Waals surface area contributed by atoms with Gasteiger partial charge in [0.25, 0.3) is 0 Å². The molecule has 22 heavy (non-hydrogen) atoms. The highest BCUT2D eigenvalue weighted by Gasteiger charge is 2.07. The molecule has 114 valence electrons. The number of fused-ring (bicyclic) bond motifs is 1. The van der Waals surface area contributed by atoms with Gasteiger partial charge in [-0.25, -0.2) is 19.9 Å². The Hall–Kier alpha value is -2.76. The largest absolute Gasteiger partial charge is 0.494 e. The zero-order valence-electron chi connectivity index (χ0n) is 13.2. The highest BCUT2D eigenvalue weighted by Crippen LogP contribution is 2.22. The summed E-state index contributed by atoms with van der Waals surface area (Å²) in [6.07, 6.45) is 3.21. The monoisotopic (exact) mass is 297 g/mol. The maximum Gasteiger partial charge on any atom is 0.228 e. The molecule has 0 aliphatic carbocycles. The molecule has 0 aliphatic heterocycles. The summed E-state index contributed by atoms with van der Waals surface area (Å²) in [5, 5.41) is 4.04. The number of methoxy groups -OCH3 is 1. The van der Waals surface area contributed by atoms with Crippen molar-refractivity contribution in [1.29, 1.82) is 0 Å². The Morgan fingerprint density at radius 2 is 1.68 bits per heavy atom. The Bertz CT molecular complexity index is 743. The molecule has 0 amide bonds. The van der Waals surface area contributed by atoms with Crippen LogP contribution in [0, 0.1) is 6.92 Å². The molecule has 2 aromatic heterocycles. The average Bonchev–Trinajstić information content (AvgIpc) is 2.57. The average molecular weight is 297 g/mol. The number of hydrogen-bond acceptors (Lipinski definition) is 6. The van der Waals surface area contributed by atoms with Crippen LogP contribution >= 0.6 is 0 Å². The summed E-state index contributed by atoms with van der Waals surface area (Å²) in [5.74, 6) is 2.46. The van der Waals surface area contributed by atoms with Crippen molar-refractivity contribution >= 4 is 22.7 Å². The van der Waals surface area contributed by atoms with Crippen LogP contribution in [0.15, 0.2) is 36.7 Å². The molecule has 0 spiro atoms. The number of para-hydroxylation sites is 1. The minimum Gasteiger partial charge on any atom is -0.494 e. The highest BCUT2D eigenvalue weighted by atomic mass is 16.5. The number of aryl methyl sites for hydroxylation is 1. The van der Waals surface area contributed by atoms with E-state index >= 15 is 0 Å². The van der Waals surface area contributed by atoms with Crippen LogP contribution < -0.4 is 10.1 Å². The number of nitrogens with zero attached hydrogens (tertiary/aromatic N) is 4. The highest BCUT2D eigenvalue weighted by molar-refractivity contribution is 5.90. The lowest BCUT2D eigenvalue weighted by Crippen LogP contribution is -2.02. The van der Waals surface area contributed by atoms with Crippen molar-refractivity contribution in [2.45, 2.75) is 20.8 Å². The van der Waals surface area contributed by atoms with Gasteiger partial charge in [0.2, 0.25) is 5.95 Å². The predicted molar refractivity (Wildman–Crippen MR) is 87.5 cm³/mol. The second-order valence-electron chi connectivity index (χ2n) is 4.21. The van der Waals surface area contributed by atoms with Crippen molar-refractivity contribution in [1.82, 2.24) is 19.9 Å². The van der Waals surface area contributed by atoms with E-state index in [0.717, 1.165) is 10.9 Å². The molecule has 0 unspecified atom stereocenters. The van der Waals surface area contributed by atoms with Gasteiger partial charge >= 0.3 is 0 Å². The van der Waals surface area contributed by atoms with Gasteiger partial charge in [-0.3, -0.25) is 0 Å². The van der Waals surface area contributed by atoms with Gasteiger partial charge in [0.1, 0.15) is 11.6 Å². The lowest BCUT2D eigenvalue weighted by molar-refractivity contribution is 0.411. The number of ether oxygens (including phenoxy) is 1. The zero-order valence-corrected chi connectivity index (χ0v) is 13.2. The Labute approximate surface area is 129 Å². The Kier molecular flexibility index (Phi) is 5.19. The van der Waals surface area contributed by atoms with Crippen LogP contribution in [0.3, 0.4) is 0 Å². The molecule has 2 heterocycles. The lowest BCUT2D eigenvalue weighted by atomic mass is 10.2. The van der Waals surface area contributed by atoms with Crippen LogP contribution in [0.4, 0.5) is 11.8 Å². The van der Waals surface area contributed by atoms with Crippen molar-refractivity contribution < 1.29 is 4.74 Å². The van der Waals surface area contributed by atoms with Crippen molar-refractivity contribution in [3.63, 3.8) is 0 Å². The summed E-state index contributed by atoms with van der Waals surface area (Å²) in [5.41, 5.74) is 0.885. The summed E-state index contributed by atoms with van der Waals surface area (Å²) >= 11 is 0. The molecule has 0 atom stereocenters. The maximum atomic E-state index is 5.03. The maximum absolute atomic E-state index is 5.03. The van der Waals surface area contributed by atoms with Crippen LogP contribution in [0.25, 0.3) is 10.9 Å². The second kappa shape index (κ2) is 7.31. The first-order valence-corrected chi connectivity index (χ1v) is 7.13. The zero-order chi connectivity index (χ0) is 15.9. The molecule has 1 N–H and O–H groups in total. The third-order valence-electron chi connectivity index (χ3n) is 2.81. The third kappa shape index (κ3) is 3.46. The number of aromatic nitrogens is 4. The van der Waals surface area contributed by atoms with Crippen LogP contribution in [0.2, 0.25) is 0 Å². The summed E-state index contributed by atoms with van der Waals surface area (Å²) in [7, 11) is 1.58. The normalized spacial score (nSPS) is 9.82. The van der Waals surface area contributed by atoms with Gasteiger partial charge in [-0.1, -0.05) is 26.0 Å². The van der Waals surface area contributed by atoms with Crippen LogP contribution in [-0.2, 0) is 0 Å². The van der Waals surface area contributed by atoms with E-state index in [1.807, 2.05) is 45.0 Å². The van der Waals surface area contributed by atoms with Crippen LogP contribution in [-0.4, -0.2) is 27.0 Å². The topological polar surface area (TPSA) is 72.8 Å². The van der Waals surface area contributed by atoms with Gasteiger partial charge in [-0.15, -0.1) is 0 Å². The first kappa shape index (κ1) is 15.6. The fraction of sp³-hybridized carbons (Fsp3) is 0.250. The molecule has 0 aliphatic rings. The second-order valence-corrected chi connectivity index (χ2v) is 4.21. The number of rotatable bonds is 3. The molecule has 0 radical (unpaired) electrons. The molecule has 0 saturated heterocycles. The summed E-state index contributed by atoms with van der Waals surface area (Å²) < 4.78 is 5.03. The molecule has 6 nitrogen and oxygen atoms in total. The Morgan fingerprint density at radius 3 is 2.36 bits per heavy atom. The van der Waals surface area contributed by atoms with Gasteiger partial charge in [-0.05, 0) is 19.1 Å². The predicted octanol–water partition coefficient (Wildman–Crippen LogP) is 3.51. The van der Waals surface area contributed by atoms with Crippen molar-refractivity contribution in [2.24, 2.45) is 0 Å². The van der Waals surface area contributed by atoms with Crippen molar-refractivity contribution in [3.8, 4) is 5.75 Å². The fourth-order valence-electron chi connectivity index (χ4n) is 1.88. The van der Waals surface area contributed by atoms with Gasteiger partial charge in [0.05, 0.1) is 25.0 Å². The van der Waals surface area contributed by atoms with E-state index in [-0.39, 0.29) is 0 Å². The third-order valence-corrected chi connectivity index (χ3v) is 2.81. The Morgan fingerprint density at radius 1 is 1.00 bits per heavy atom. The van der Waals surface area contributed by atoms with E-state index < -0.39 is 0 Å². The van der Waals surface area contributed by atoms with Gasteiger partial charge in [-0.2, -0.15) is 0 Å². The van der Waals surface area contributed by atoms with E-state index in [1.165, 1.54) is 0 Å². The van der Waals surface area contributed by atoms with Crippen molar-refractivity contribution in [3.05, 3.63) is 42.5 Å². The molecule has 0 fully saturated rings. The van der Waals surface area contributed by atoms with Gasteiger partial charge < -0.3 is 10.1 Å². The quantitative estimate of drug-likeness (QED) is 0.797. The van der Waals surface area contributed by atoms with Crippen molar-refractivity contribution in [2.75, 3.05) is 12.4 Å². The molecule has 0 bridgehead atoms. The number of hydrogen-bond donors (Lipinski definition) is 1. The molecule has 3 aromatic rings. The first-order chi connectivity index (χ1) is 10.8. The first-order valence-electron chi connectivity index (χ1n) is 7.13. The summed E-state index contributed by atoms with van der Waals surface area (Å²) in [6, 6.07) is 7.80. The standard InChI is InChI=1S/C14H13N5O.C2H6/c1-9-17-12-6-4-3-5-11(12)13(18-9)19-14-15-7-10(20-2)8-16-14;1-2/h3-8H,1-2H3,(H,15,16,17,18,19);1-2H3. The van der Waals surface area contributed by atoms with E-state index in [0.29, 0.717) is 23.3 Å². The summed E-state index contributed by atoms with van der Waals surface area (Å²) in [6.45, 7) is 5.85. The summed E-state index contributed by atoms with van der Waals surface area (Å²) in [4.78, 5) is 17.1. The van der Waals surface area contributed by atoms with E-state index in [2.05, 4.69) is 25.3 Å². The van der Waals surface area contributed by atoms with Gasteiger partial charge in [0, 0.05) is 5.39 Å². The van der Waals surface area contributed by atoms with Crippen LogP contribution in [0.1, 0.15) is 19.7 Å². The molecule has 3 rings (SSSR count). The molecular formula is C16H19N5O. The molecule has 6 heteroatoms. The fourth-order valence-corrected chi connectivity index (χ4v) is 1.88. The van der Waals surface area contributed by atoms with E-state index in [9.17, 15) is 0 Å². The van der Waals surface area contributed by atoms with Crippen LogP contribution in [0.5, 0.6) is 5.75 Å². The number of anilines is 2. The Balaban J connectivity index is 0.000000847. The number of nitrogens with one attached hydrogen (secondary N) is 1. The van der Waals surface area contributed by atoms with E-state index in [1.54, 1.807) is 19.5 Å². The molecular weight excluding hydrogens is 278 g/mol. The molecule has 1 aromatic carbocycles. The van der Waals surface area contributed by atoms with E-state index in [4.69, 9.17) is 4.74 Å². The van der Waals surface area contributed by atoms with Gasteiger partial charge in [0.15, 0.2) is 5.75 Å². The minimum absolute atomic E-state index is 0.467.